The molecular formula is C12H18FN3. The molecule has 1 N–H and O–H groups in total. The summed E-state index contributed by atoms with van der Waals surface area (Å²) in [6, 6.07) is 4.06. The zero-order valence-electron chi connectivity index (χ0n) is 9.78. The molecule has 4 heteroatoms. The first kappa shape index (κ1) is 11.3. The number of aromatic nitrogens is 1. The van der Waals surface area contributed by atoms with Crippen molar-refractivity contribution in [3.8, 4) is 0 Å². The molecule has 2 atom stereocenters. The van der Waals surface area contributed by atoms with Crippen molar-refractivity contribution < 1.29 is 4.39 Å². The van der Waals surface area contributed by atoms with E-state index < -0.39 is 6.17 Å². The van der Waals surface area contributed by atoms with E-state index in [-0.39, 0.29) is 6.04 Å². The Labute approximate surface area is 95.7 Å². The van der Waals surface area contributed by atoms with Crippen molar-refractivity contribution in [2.75, 3.05) is 19.0 Å². The molecule has 1 aliphatic carbocycles. The molecule has 0 radical (unpaired) electrons. The second-order valence-corrected chi connectivity index (χ2v) is 4.50. The molecule has 1 fully saturated rings. The molecule has 88 valence electrons. The first-order valence-corrected chi connectivity index (χ1v) is 5.66. The van der Waals surface area contributed by atoms with E-state index in [2.05, 4.69) is 10.3 Å². The molecule has 0 spiro atoms. The van der Waals surface area contributed by atoms with E-state index in [1.165, 1.54) is 0 Å². The molecule has 0 saturated heterocycles. The second kappa shape index (κ2) is 4.78. The number of halogens is 1. The van der Waals surface area contributed by atoms with Crippen LogP contribution in [0.5, 0.6) is 0 Å². The van der Waals surface area contributed by atoms with Gasteiger partial charge in [-0.3, -0.25) is 0 Å². The molecule has 0 bridgehead atoms. The Bertz CT molecular complexity index is 337. The van der Waals surface area contributed by atoms with Crippen molar-refractivity contribution in [3.63, 3.8) is 0 Å². The summed E-state index contributed by atoms with van der Waals surface area (Å²) in [5, 5.41) is 3.21. The van der Waals surface area contributed by atoms with Crippen LogP contribution in [0.3, 0.4) is 0 Å². The predicted octanol–water partition coefficient (Wildman–Crippen LogP) is 1.74. The molecule has 1 aromatic rings. The van der Waals surface area contributed by atoms with Crippen LogP contribution in [0.2, 0.25) is 0 Å². The summed E-state index contributed by atoms with van der Waals surface area (Å²) in [4.78, 5) is 6.27. The molecule has 2 rings (SSSR count). The number of rotatable bonds is 4. The van der Waals surface area contributed by atoms with E-state index in [9.17, 15) is 4.39 Å². The first-order valence-electron chi connectivity index (χ1n) is 5.66. The standard InChI is InChI=1S/C12H18FN3/c1-16(2)12-6-3-9(8-15-12)7-14-11-5-4-10(11)13/h3,6,8,10-11,14H,4-5,7H2,1-2H3. The summed E-state index contributed by atoms with van der Waals surface area (Å²) in [7, 11) is 3.92. The Morgan fingerprint density at radius 3 is 2.69 bits per heavy atom. The molecule has 1 saturated carbocycles. The van der Waals surface area contributed by atoms with E-state index in [0.717, 1.165) is 17.8 Å². The zero-order chi connectivity index (χ0) is 11.5. The van der Waals surface area contributed by atoms with Gasteiger partial charge in [0, 0.05) is 32.9 Å². The average molecular weight is 223 g/mol. The Morgan fingerprint density at radius 2 is 2.25 bits per heavy atom. The quantitative estimate of drug-likeness (QED) is 0.842. The SMILES string of the molecule is CN(C)c1ccc(CNC2CCC2F)cn1. The maximum Gasteiger partial charge on any atom is 0.127 e. The van der Waals surface area contributed by atoms with Crippen molar-refractivity contribution in [3.05, 3.63) is 23.9 Å². The molecule has 1 aromatic heterocycles. The highest BCUT2D eigenvalue weighted by molar-refractivity contribution is 5.37. The van der Waals surface area contributed by atoms with Gasteiger partial charge in [-0.2, -0.15) is 0 Å². The van der Waals surface area contributed by atoms with Gasteiger partial charge in [0.1, 0.15) is 12.0 Å². The van der Waals surface area contributed by atoms with Crippen LogP contribution in [0, 0.1) is 0 Å². The van der Waals surface area contributed by atoms with Crippen molar-refractivity contribution >= 4 is 5.82 Å². The highest BCUT2D eigenvalue weighted by Gasteiger charge is 2.29. The largest absolute Gasteiger partial charge is 0.363 e. The Hall–Kier alpha value is -1.16. The number of pyridine rings is 1. The molecular weight excluding hydrogens is 205 g/mol. The maximum absolute atomic E-state index is 13.0. The van der Waals surface area contributed by atoms with Crippen LogP contribution in [0.4, 0.5) is 10.2 Å². The third-order valence-corrected chi connectivity index (χ3v) is 3.03. The van der Waals surface area contributed by atoms with Crippen molar-refractivity contribution in [2.24, 2.45) is 0 Å². The molecule has 0 aromatic carbocycles. The normalized spacial score (nSPS) is 23.9. The maximum atomic E-state index is 13.0. The van der Waals surface area contributed by atoms with Gasteiger partial charge in [0.25, 0.3) is 0 Å². The van der Waals surface area contributed by atoms with E-state index in [1.807, 2.05) is 37.3 Å². The van der Waals surface area contributed by atoms with Crippen LogP contribution >= 0.6 is 0 Å². The molecule has 2 unspecified atom stereocenters. The monoisotopic (exact) mass is 223 g/mol. The Balaban J connectivity index is 1.85. The summed E-state index contributed by atoms with van der Waals surface area (Å²) < 4.78 is 13.0. The van der Waals surface area contributed by atoms with E-state index in [0.29, 0.717) is 13.0 Å². The molecule has 0 aliphatic heterocycles. The zero-order valence-corrected chi connectivity index (χ0v) is 9.78. The van der Waals surface area contributed by atoms with Gasteiger partial charge in [-0.25, -0.2) is 9.37 Å². The number of hydrogen-bond donors (Lipinski definition) is 1. The average Bonchev–Trinajstić information content (AvgIpc) is 2.28. The number of hydrogen-bond acceptors (Lipinski definition) is 3. The van der Waals surface area contributed by atoms with Crippen molar-refractivity contribution in [1.29, 1.82) is 0 Å². The van der Waals surface area contributed by atoms with Gasteiger partial charge in [0.15, 0.2) is 0 Å². The highest BCUT2D eigenvalue weighted by Crippen LogP contribution is 2.23. The third-order valence-electron chi connectivity index (χ3n) is 3.03. The van der Waals surface area contributed by atoms with Crippen molar-refractivity contribution in [2.45, 2.75) is 31.6 Å². The summed E-state index contributed by atoms with van der Waals surface area (Å²) in [5.74, 6) is 0.941. The lowest BCUT2D eigenvalue weighted by Crippen LogP contribution is -2.45. The van der Waals surface area contributed by atoms with Gasteiger partial charge in [0.2, 0.25) is 0 Å². The fraction of sp³-hybridized carbons (Fsp3) is 0.583. The predicted molar refractivity (Wildman–Crippen MR) is 63.3 cm³/mol. The fourth-order valence-electron chi connectivity index (χ4n) is 1.72. The van der Waals surface area contributed by atoms with Crippen LogP contribution in [0.25, 0.3) is 0 Å². The molecule has 1 aliphatic rings. The molecule has 3 nitrogen and oxygen atoms in total. The van der Waals surface area contributed by atoms with Crippen LogP contribution in [0.1, 0.15) is 18.4 Å². The lowest BCUT2D eigenvalue weighted by molar-refractivity contribution is 0.141. The van der Waals surface area contributed by atoms with Crippen molar-refractivity contribution in [1.82, 2.24) is 10.3 Å². The smallest absolute Gasteiger partial charge is 0.127 e. The van der Waals surface area contributed by atoms with Crippen LogP contribution in [0.15, 0.2) is 18.3 Å². The van der Waals surface area contributed by atoms with Gasteiger partial charge in [-0.15, -0.1) is 0 Å². The van der Waals surface area contributed by atoms with E-state index >= 15 is 0 Å². The number of nitrogens with zero attached hydrogens (tertiary/aromatic N) is 2. The Kier molecular flexibility index (Phi) is 3.39. The number of alkyl halides is 1. The third kappa shape index (κ3) is 2.50. The minimum Gasteiger partial charge on any atom is -0.363 e. The molecule has 16 heavy (non-hydrogen) atoms. The summed E-state index contributed by atoms with van der Waals surface area (Å²) in [5.41, 5.74) is 1.10. The van der Waals surface area contributed by atoms with Gasteiger partial charge >= 0.3 is 0 Å². The summed E-state index contributed by atoms with van der Waals surface area (Å²) >= 11 is 0. The van der Waals surface area contributed by atoms with Crippen LogP contribution in [-0.2, 0) is 6.54 Å². The summed E-state index contributed by atoms with van der Waals surface area (Å²) in [6.07, 6.45) is 2.84. The van der Waals surface area contributed by atoms with Gasteiger partial charge in [-0.05, 0) is 24.5 Å². The van der Waals surface area contributed by atoms with Crippen LogP contribution in [-0.4, -0.2) is 31.3 Å². The van der Waals surface area contributed by atoms with Crippen LogP contribution < -0.4 is 10.2 Å². The first-order chi connectivity index (χ1) is 7.66. The molecule has 1 heterocycles. The second-order valence-electron chi connectivity index (χ2n) is 4.50. The highest BCUT2D eigenvalue weighted by atomic mass is 19.1. The molecule has 0 amide bonds. The van der Waals surface area contributed by atoms with Gasteiger partial charge in [-0.1, -0.05) is 6.07 Å². The Morgan fingerprint density at radius 1 is 1.44 bits per heavy atom. The van der Waals surface area contributed by atoms with Gasteiger partial charge < -0.3 is 10.2 Å². The minimum absolute atomic E-state index is 0.0496. The lowest BCUT2D eigenvalue weighted by Gasteiger charge is -2.31. The fourth-order valence-corrected chi connectivity index (χ4v) is 1.72. The summed E-state index contributed by atoms with van der Waals surface area (Å²) in [6.45, 7) is 0.700. The van der Waals surface area contributed by atoms with E-state index in [4.69, 9.17) is 0 Å². The van der Waals surface area contributed by atoms with Gasteiger partial charge in [0.05, 0.1) is 0 Å². The number of nitrogens with one attached hydrogen (secondary N) is 1. The lowest BCUT2D eigenvalue weighted by atomic mass is 9.90. The topological polar surface area (TPSA) is 28.2 Å². The minimum atomic E-state index is -0.658. The van der Waals surface area contributed by atoms with E-state index in [1.54, 1.807) is 0 Å². The number of anilines is 1.